The number of hydrogen-bond donors (Lipinski definition) is 1. The Bertz CT molecular complexity index is 361. The van der Waals surface area contributed by atoms with Crippen molar-refractivity contribution in [1.29, 1.82) is 0 Å². The Hall–Kier alpha value is -1.11. The van der Waals surface area contributed by atoms with Crippen LogP contribution in [0.5, 0.6) is 0 Å². The van der Waals surface area contributed by atoms with Crippen molar-refractivity contribution < 1.29 is 18.0 Å². The summed E-state index contributed by atoms with van der Waals surface area (Å²) in [6, 6.07) is -0.732. The lowest BCUT2D eigenvalue weighted by Gasteiger charge is -2.12. The number of alkyl halides is 3. The first kappa shape index (κ1) is 12.0. The predicted molar refractivity (Wildman–Crippen MR) is 49.5 cm³/mol. The van der Waals surface area contributed by atoms with E-state index in [1.165, 1.54) is 18.3 Å². The zero-order chi connectivity index (χ0) is 11.6. The maximum absolute atomic E-state index is 11.9. The molecule has 1 N–H and O–H groups in total. The van der Waals surface area contributed by atoms with E-state index in [1.54, 1.807) is 12.3 Å². The van der Waals surface area contributed by atoms with Gasteiger partial charge in [-0.2, -0.15) is 13.2 Å². The number of nitrogens with zero attached hydrogens (tertiary/aromatic N) is 1. The van der Waals surface area contributed by atoms with Gasteiger partial charge in [0.1, 0.15) is 0 Å². The average molecular weight is 238 g/mol. The molecule has 1 atom stereocenters. The zero-order valence-corrected chi connectivity index (χ0v) is 8.87. The van der Waals surface area contributed by atoms with Gasteiger partial charge in [-0.15, -0.1) is 11.3 Å². The summed E-state index contributed by atoms with van der Waals surface area (Å²) >= 11 is 1.32. The van der Waals surface area contributed by atoms with Crippen LogP contribution in [-0.2, 0) is 4.79 Å². The normalized spacial score (nSPS) is 13.7. The minimum Gasteiger partial charge on any atom is -0.340 e. The van der Waals surface area contributed by atoms with Crippen molar-refractivity contribution >= 4 is 17.2 Å². The Labute approximate surface area is 88.3 Å². The molecule has 1 heterocycles. The quantitative estimate of drug-likeness (QED) is 0.858. The van der Waals surface area contributed by atoms with E-state index in [1.807, 2.05) is 5.32 Å². The zero-order valence-electron chi connectivity index (χ0n) is 8.05. The smallest absolute Gasteiger partial charge is 0.340 e. The summed E-state index contributed by atoms with van der Waals surface area (Å²) in [5.74, 6) is -1.94. The highest BCUT2D eigenvalue weighted by atomic mass is 32.1. The topological polar surface area (TPSA) is 42.0 Å². The highest BCUT2D eigenvalue weighted by Gasteiger charge is 2.39. The summed E-state index contributed by atoms with van der Waals surface area (Å²) in [7, 11) is 0. The van der Waals surface area contributed by atoms with E-state index in [0.717, 1.165) is 5.01 Å². The third kappa shape index (κ3) is 3.19. The first-order valence-electron chi connectivity index (χ1n) is 4.10. The van der Waals surface area contributed by atoms with Crippen LogP contribution in [0.4, 0.5) is 13.2 Å². The first-order valence-corrected chi connectivity index (χ1v) is 4.98. The van der Waals surface area contributed by atoms with E-state index in [2.05, 4.69) is 4.98 Å². The molecular formula is C8H9F3N2OS. The van der Waals surface area contributed by atoms with Gasteiger partial charge in [-0.1, -0.05) is 0 Å². The molecule has 0 saturated heterocycles. The van der Waals surface area contributed by atoms with E-state index in [-0.39, 0.29) is 0 Å². The lowest BCUT2D eigenvalue weighted by Crippen LogP contribution is -2.38. The lowest BCUT2D eigenvalue weighted by molar-refractivity contribution is -0.174. The molecule has 1 aromatic heterocycles. The molecule has 3 nitrogen and oxygen atoms in total. The summed E-state index contributed by atoms with van der Waals surface area (Å²) in [6.07, 6.45) is -4.85. The number of rotatable bonds is 2. The summed E-state index contributed by atoms with van der Waals surface area (Å²) in [5.41, 5.74) is 0.440. The summed E-state index contributed by atoms with van der Waals surface area (Å²) in [4.78, 5) is 14.6. The average Bonchev–Trinajstić information content (AvgIpc) is 2.50. The van der Waals surface area contributed by atoms with Crippen LogP contribution >= 0.6 is 11.3 Å². The van der Waals surface area contributed by atoms with Crippen molar-refractivity contribution in [3.63, 3.8) is 0 Å². The number of hydrogen-bond acceptors (Lipinski definition) is 3. The largest absolute Gasteiger partial charge is 0.471 e. The molecule has 0 aliphatic rings. The fraction of sp³-hybridized carbons (Fsp3) is 0.500. The number of thiazole rings is 1. The third-order valence-corrected chi connectivity index (χ3v) is 2.48. The molecule has 0 aliphatic heterocycles. The maximum Gasteiger partial charge on any atom is 0.471 e. The fourth-order valence-electron chi connectivity index (χ4n) is 0.931. The predicted octanol–water partition coefficient (Wildman–Crippen LogP) is 2.19. The van der Waals surface area contributed by atoms with E-state index in [4.69, 9.17) is 0 Å². The maximum atomic E-state index is 11.9. The molecule has 0 aliphatic carbocycles. The molecule has 0 bridgehead atoms. The van der Waals surface area contributed by atoms with E-state index in [9.17, 15) is 18.0 Å². The molecule has 0 saturated carbocycles. The van der Waals surface area contributed by atoms with Gasteiger partial charge in [0.2, 0.25) is 0 Å². The van der Waals surface area contributed by atoms with E-state index >= 15 is 0 Å². The third-order valence-electron chi connectivity index (χ3n) is 1.69. The highest BCUT2D eigenvalue weighted by molar-refractivity contribution is 7.09. The Kier molecular flexibility index (Phi) is 3.33. The Morgan fingerprint density at radius 3 is 2.60 bits per heavy atom. The van der Waals surface area contributed by atoms with E-state index < -0.39 is 18.1 Å². The minimum absolute atomic E-state index is 0.440. The Morgan fingerprint density at radius 2 is 2.20 bits per heavy atom. The van der Waals surface area contributed by atoms with Crippen LogP contribution in [0.1, 0.15) is 23.7 Å². The first-order chi connectivity index (χ1) is 6.80. The number of amides is 1. The van der Waals surface area contributed by atoms with Gasteiger partial charge in [0.05, 0.1) is 16.7 Å². The molecule has 0 aromatic carbocycles. The number of nitrogens with one attached hydrogen (secondary N) is 1. The van der Waals surface area contributed by atoms with Crippen LogP contribution < -0.4 is 5.32 Å². The molecule has 0 spiro atoms. The molecule has 7 heteroatoms. The van der Waals surface area contributed by atoms with Crippen LogP contribution in [0, 0.1) is 6.92 Å². The molecule has 1 rings (SSSR count). The Balaban J connectivity index is 2.64. The number of carbonyl (C=O) groups excluding carboxylic acids is 1. The molecule has 1 unspecified atom stereocenters. The van der Waals surface area contributed by atoms with Gasteiger partial charge >= 0.3 is 12.1 Å². The van der Waals surface area contributed by atoms with Crippen LogP contribution in [0.3, 0.4) is 0 Å². The standard InChI is InChI=1S/C8H9F3N2OS/c1-4(6-3-15-5(2)13-6)12-7(14)8(9,10)11/h3-4H,1-2H3,(H,12,14). The van der Waals surface area contributed by atoms with Crippen molar-refractivity contribution in [3.8, 4) is 0 Å². The van der Waals surface area contributed by atoms with Gasteiger partial charge in [-0.05, 0) is 13.8 Å². The lowest BCUT2D eigenvalue weighted by atomic mass is 10.2. The van der Waals surface area contributed by atoms with Gasteiger partial charge in [0, 0.05) is 5.38 Å². The van der Waals surface area contributed by atoms with Crippen molar-refractivity contribution in [2.75, 3.05) is 0 Å². The molecule has 1 amide bonds. The van der Waals surface area contributed by atoms with Crippen LogP contribution in [-0.4, -0.2) is 17.1 Å². The number of carbonyl (C=O) groups is 1. The molecule has 15 heavy (non-hydrogen) atoms. The van der Waals surface area contributed by atoms with Crippen LogP contribution in [0.2, 0.25) is 0 Å². The van der Waals surface area contributed by atoms with Crippen LogP contribution in [0.25, 0.3) is 0 Å². The fourth-order valence-corrected chi connectivity index (χ4v) is 1.64. The summed E-state index contributed by atoms with van der Waals surface area (Å²) in [5, 5.41) is 4.20. The van der Waals surface area contributed by atoms with Gasteiger partial charge in [0.15, 0.2) is 0 Å². The molecule has 1 aromatic rings. The van der Waals surface area contributed by atoms with Crippen molar-refractivity contribution in [3.05, 3.63) is 16.1 Å². The van der Waals surface area contributed by atoms with Crippen molar-refractivity contribution in [1.82, 2.24) is 10.3 Å². The van der Waals surface area contributed by atoms with Gasteiger partial charge in [-0.25, -0.2) is 4.98 Å². The van der Waals surface area contributed by atoms with E-state index in [0.29, 0.717) is 5.69 Å². The van der Waals surface area contributed by atoms with Crippen LogP contribution in [0.15, 0.2) is 5.38 Å². The van der Waals surface area contributed by atoms with Gasteiger partial charge in [-0.3, -0.25) is 4.79 Å². The second kappa shape index (κ2) is 4.18. The number of halogens is 3. The highest BCUT2D eigenvalue weighted by Crippen LogP contribution is 2.19. The second-order valence-electron chi connectivity index (χ2n) is 2.98. The molecule has 84 valence electrons. The summed E-state index contributed by atoms with van der Waals surface area (Å²) in [6.45, 7) is 3.20. The minimum atomic E-state index is -4.85. The monoisotopic (exact) mass is 238 g/mol. The van der Waals surface area contributed by atoms with Gasteiger partial charge < -0.3 is 5.32 Å². The van der Waals surface area contributed by atoms with Gasteiger partial charge in [0.25, 0.3) is 0 Å². The number of aromatic nitrogens is 1. The second-order valence-corrected chi connectivity index (χ2v) is 4.05. The molecular weight excluding hydrogens is 229 g/mol. The Morgan fingerprint density at radius 1 is 1.60 bits per heavy atom. The molecule has 0 radical (unpaired) electrons. The molecule has 0 fully saturated rings. The van der Waals surface area contributed by atoms with Crippen molar-refractivity contribution in [2.24, 2.45) is 0 Å². The van der Waals surface area contributed by atoms with Crippen molar-refractivity contribution in [2.45, 2.75) is 26.1 Å². The SMILES string of the molecule is Cc1nc(C(C)NC(=O)C(F)(F)F)cs1. The summed E-state index contributed by atoms with van der Waals surface area (Å²) < 4.78 is 35.7. The number of aryl methyl sites for hydroxylation is 1.